The first kappa shape index (κ1) is 12.9. The molecule has 1 fully saturated rings. The topological polar surface area (TPSA) is 63.3 Å². The van der Waals surface area contributed by atoms with Crippen molar-refractivity contribution in [3.8, 4) is 11.3 Å². The number of carbonyl (C=O) groups is 1. The predicted molar refractivity (Wildman–Crippen MR) is 74.5 cm³/mol. The molecule has 0 aliphatic heterocycles. The van der Waals surface area contributed by atoms with Crippen molar-refractivity contribution in [2.75, 3.05) is 0 Å². The average Bonchev–Trinajstić information content (AvgIpc) is 2.87. The third-order valence-corrected chi connectivity index (χ3v) is 4.26. The number of aromatic nitrogens is 1. The Labute approximate surface area is 117 Å². The first-order valence-electron chi connectivity index (χ1n) is 6.95. The second-order valence-corrected chi connectivity index (χ2v) is 5.37. The summed E-state index contributed by atoms with van der Waals surface area (Å²) in [5.74, 6) is -0.167. The third-order valence-electron chi connectivity index (χ3n) is 4.26. The van der Waals surface area contributed by atoms with Gasteiger partial charge in [-0.05, 0) is 24.8 Å². The van der Waals surface area contributed by atoms with Gasteiger partial charge in [-0.2, -0.15) is 0 Å². The SMILES string of the molecule is CCc1ccc(-c2cc(C3(C(=O)O)CCC3)no2)cc1. The fourth-order valence-electron chi connectivity index (χ4n) is 2.65. The van der Waals surface area contributed by atoms with Gasteiger partial charge in [0.1, 0.15) is 11.1 Å². The molecule has 1 aliphatic carbocycles. The Morgan fingerprint density at radius 2 is 2.05 bits per heavy atom. The Hall–Kier alpha value is -2.10. The van der Waals surface area contributed by atoms with Crippen LogP contribution in [-0.4, -0.2) is 16.2 Å². The van der Waals surface area contributed by atoms with Gasteiger partial charge < -0.3 is 9.63 Å². The minimum Gasteiger partial charge on any atom is -0.481 e. The number of benzene rings is 1. The number of carboxylic acid groups (broad SMARTS) is 1. The number of hydrogen-bond acceptors (Lipinski definition) is 3. The molecular formula is C16H17NO3. The highest BCUT2D eigenvalue weighted by Gasteiger charge is 2.48. The maximum absolute atomic E-state index is 11.5. The zero-order valence-electron chi connectivity index (χ0n) is 11.4. The van der Waals surface area contributed by atoms with Gasteiger partial charge in [-0.1, -0.05) is 42.8 Å². The molecule has 4 heteroatoms. The van der Waals surface area contributed by atoms with E-state index in [4.69, 9.17) is 4.52 Å². The number of aryl methyl sites for hydroxylation is 1. The van der Waals surface area contributed by atoms with Crippen LogP contribution < -0.4 is 0 Å². The molecule has 1 N–H and O–H groups in total. The molecule has 3 rings (SSSR count). The van der Waals surface area contributed by atoms with Crippen molar-refractivity contribution in [2.45, 2.75) is 38.0 Å². The van der Waals surface area contributed by atoms with Gasteiger partial charge in [-0.15, -0.1) is 0 Å². The molecule has 2 aromatic rings. The van der Waals surface area contributed by atoms with Gasteiger partial charge in [0.2, 0.25) is 0 Å². The van der Waals surface area contributed by atoms with E-state index < -0.39 is 11.4 Å². The van der Waals surface area contributed by atoms with Crippen LogP contribution in [0.2, 0.25) is 0 Å². The van der Waals surface area contributed by atoms with Gasteiger partial charge in [0.05, 0.1) is 0 Å². The van der Waals surface area contributed by atoms with Crippen LogP contribution in [0.25, 0.3) is 11.3 Å². The summed E-state index contributed by atoms with van der Waals surface area (Å²) in [6, 6.07) is 9.84. The van der Waals surface area contributed by atoms with Gasteiger partial charge in [0.15, 0.2) is 5.76 Å². The zero-order valence-corrected chi connectivity index (χ0v) is 11.4. The van der Waals surface area contributed by atoms with Crippen LogP contribution in [0.1, 0.15) is 37.4 Å². The second kappa shape index (κ2) is 4.78. The summed E-state index contributed by atoms with van der Waals surface area (Å²) in [5.41, 5.74) is 1.91. The molecule has 0 radical (unpaired) electrons. The monoisotopic (exact) mass is 271 g/mol. The lowest BCUT2D eigenvalue weighted by Crippen LogP contribution is -2.42. The van der Waals surface area contributed by atoms with Crippen molar-refractivity contribution in [1.82, 2.24) is 5.16 Å². The number of nitrogens with zero attached hydrogens (tertiary/aromatic N) is 1. The van der Waals surface area contributed by atoms with Crippen molar-refractivity contribution < 1.29 is 14.4 Å². The molecule has 1 saturated carbocycles. The number of rotatable bonds is 4. The van der Waals surface area contributed by atoms with Gasteiger partial charge in [-0.25, -0.2) is 0 Å². The van der Waals surface area contributed by atoms with Crippen LogP contribution in [0.5, 0.6) is 0 Å². The molecule has 0 amide bonds. The molecule has 0 bridgehead atoms. The van der Waals surface area contributed by atoms with Crippen molar-refractivity contribution in [3.63, 3.8) is 0 Å². The molecule has 0 spiro atoms. The van der Waals surface area contributed by atoms with Crippen molar-refractivity contribution >= 4 is 5.97 Å². The normalized spacial score (nSPS) is 16.6. The van der Waals surface area contributed by atoms with Crippen LogP contribution in [0.15, 0.2) is 34.9 Å². The molecule has 0 unspecified atom stereocenters. The molecule has 1 aromatic heterocycles. The van der Waals surface area contributed by atoms with Crippen LogP contribution in [0.4, 0.5) is 0 Å². The summed E-state index contributed by atoms with van der Waals surface area (Å²) in [6.07, 6.45) is 3.20. The first-order chi connectivity index (χ1) is 9.65. The molecule has 20 heavy (non-hydrogen) atoms. The summed E-state index contributed by atoms with van der Waals surface area (Å²) in [4.78, 5) is 11.5. The maximum Gasteiger partial charge on any atom is 0.315 e. The molecule has 104 valence electrons. The van der Waals surface area contributed by atoms with Crippen molar-refractivity contribution in [2.24, 2.45) is 0 Å². The Bertz CT molecular complexity index is 623. The molecular weight excluding hydrogens is 254 g/mol. The highest BCUT2D eigenvalue weighted by Crippen LogP contribution is 2.44. The summed E-state index contributed by atoms with van der Waals surface area (Å²) in [6.45, 7) is 2.11. The molecule has 1 aliphatic rings. The highest BCUT2D eigenvalue weighted by atomic mass is 16.5. The van der Waals surface area contributed by atoms with Gasteiger partial charge in [0, 0.05) is 11.6 Å². The van der Waals surface area contributed by atoms with Gasteiger partial charge >= 0.3 is 5.97 Å². The largest absolute Gasteiger partial charge is 0.481 e. The van der Waals surface area contributed by atoms with Gasteiger partial charge in [-0.3, -0.25) is 4.79 Å². The summed E-state index contributed by atoms with van der Waals surface area (Å²) in [7, 11) is 0. The molecule has 0 atom stereocenters. The van der Waals surface area contributed by atoms with E-state index in [9.17, 15) is 9.90 Å². The van der Waals surface area contributed by atoms with E-state index in [0.717, 1.165) is 18.4 Å². The lowest BCUT2D eigenvalue weighted by molar-refractivity contribution is -0.147. The number of hydrogen-bond donors (Lipinski definition) is 1. The first-order valence-corrected chi connectivity index (χ1v) is 6.95. The smallest absolute Gasteiger partial charge is 0.315 e. The van der Waals surface area contributed by atoms with Gasteiger partial charge in [0.25, 0.3) is 0 Å². The second-order valence-electron chi connectivity index (χ2n) is 5.37. The Morgan fingerprint density at radius 3 is 2.55 bits per heavy atom. The van der Waals surface area contributed by atoms with Crippen LogP contribution in [0.3, 0.4) is 0 Å². The lowest BCUT2D eigenvalue weighted by atomic mass is 9.66. The quantitative estimate of drug-likeness (QED) is 0.925. The summed E-state index contributed by atoms with van der Waals surface area (Å²) >= 11 is 0. The van der Waals surface area contributed by atoms with Crippen LogP contribution in [-0.2, 0) is 16.6 Å². The molecule has 4 nitrogen and oxygen atoms in total. The van der Waals surface area contributed by atoms with E-state index in [0.29, 0.717) is 24.3 Å². The fraction of sp³-hybridized carbons (Fsp3) is 0.375. The summed E-state index contributed by atoms with van der Waals surface area (Å²) in [5, 5.41) is 13.4. The highest BCUT2D eigenvalue weighted by molar-refractivity contribution is 5.82. The van der Waals surface area contributed by atoms with Crippen LogP contribution >= 0.6 is 0 Å². The van der Waals surface area contributed by atoms with E-state index in [-0.39, 0.29) is 0 Å². The molecule has 0 saturated heterocycles. The Kier molecular flexibility index (Phi) is 3.08. The predicted octanol–water partition coefficient (Wildman–Crippen LogP) is 3.41. The van der Waals surface area contributed by atoms with E-state index in [1.165, 1.54) is 5.56 Å². The average molecular weight is 271 g/mol. The van der Waals surface area contributed by atoms with Crippen molar-refractivity contribution in [3.05, 3.63) is 41.6 Å². The lowest BCUT2D eigenvalue weighted by Gasteiger charge is -2.35. The van der Waals surface area contributed by atoms with Crippen LogP contribution in [0, 0.1) is 0 Å². The number of carboxylic acids is 1. The third kappa shape index (κ3) is 1.92. The minimum absolute atomic E-state index is 0.547. The summed E-state index contributed by atoms with van der Waals surface area (Å²) < 4.78 is 5.34. The van der Waals surface area contributed by atoms with E-state index in [1.54, 1.807) is 6.07 Å². The van der Waals surface area contributed by atoms with E-state index in [2.05, 4.69) is 12.1 Å². The minimum atomic E-state index is -0.828. The standard InChI is InChI=1S/C16H17NO3/c1-2-11-4-6-12(7-5-11)13-10-14(17-20-13)16(15(18)19)8-3-9-16/h4-7,10H,2-3,8-9H2,1H3,(H,18,19). The number of aliphatic carboxylic acids is 1. The fourth-order valence-corrected chi connectivity index (χ4v) is 2.65. The van der Waals surface area contributed by atoms with E-state index in [1.807, 2.05) is 24.3 Å². The Morgan fingerprint density at radius 1 is 1.35 bits per heavy atom. The maximum atomic E-state index is 11.5. The zero-order chi connectivity index (χ0) is 14.2. The Balaban J connectivity index is 1.91. The molecule has 1 heterocycles. The molecule has 1 aromatic carbocycles. The van der Waals surface area contributed by atoms with E-state index >= 15 is 0 Å². The van der Waals surface area contributed by atoms with Crippen molar-refractivity contribution in [1.29, 1.82) is 0 Å².